The molecule has 0 saturated carbocycles. The first kappa shape index (κ1) is 25.7. The van der Waals surface area contributed by atoms with E-state index in [2.05, 4.69) is 15.4 Å². The number of amides is 1. The van der Waals surface area contributed by atoms with Crippen LogP contribution in [0.4, 0.5) is 26.3 Å². The zero-order valence-corrected chi connectivity index (χ0v) is 19.0. The fourth-order valence-electron chi connectivity index (χ4n) is 3.24. The second kappa shape index (κ2) is 10.1. The highest BCUT2D eigenvalue weighted by molar-refractivity contribution is 7.12. The lowest BCUT2D eigenvalue weighted by molar-refractivity contribution is -0.143. The molecule has 0 aliphatic rings. The lowest BCUT2D eigenvalue weighted by Crippen LogP contribution is -2.35. The SMILES string of the molecule is CCN(CC)CCNC(=O)c1cnn(-c2nc(-c3cccc(C(F)(F)F)c3)cs2)c1C(F)(F)F. The molecule has 0 aliphatic heterocycles. The monoisotopic (exact) mass is 505 g/mol. The molecular weight excluding hydrogens is 484 g/mol. The minimum Gasteiger partial charge on any atom is -0.351 e. The van der Waals surface area contributed by atoms with E-state index in [4.69, 9.17) is 0 Å². The van der Waals surface area contributed by atoms with Crippen molar-refractivity contribution in [1.82, 2.24) is 25.0 Å². The molecule has 0 unspecified atom stereocenters. The van der Waals surface area contributed by atoms with Crippen molar-refractivity contribution < 1.29 is 31.1 Å². The van der Waals surface area contributed by atoms with E-state index in [1.165, 1.54) is 17.5 Å². The molecule has 1 aromatic carbocycles. The largest absolute Gasteiger partial charge is 0.434 e. The van der Waals surface area contributed by atoms with Gasteiger partial charge < -0.3 is 10.2 Å². The van der Waals surface area contributed by atoms with Crippen LogP contribution >= 0.6 is 11.3 Å². The predicted molar refractivity (Wildman–Crippen MR) is 115 cm³/mol. The van der Waals surface area contributed by atoms with Gasteiger partial charge in [-0.2, -0.15) is 31.4 Å². The highest BCUT2D eigenvalue weighted by Crippen LogP contribution is 2.36. The van der Waals surface area contributed by atoms with Crippen molar-refractivity contribution in [3.05, 3.63) is 52.7 Å². The van der Waals surface area contributed by atoms with E-state index >= 15 is 0 Å². The maximum Gasteiger partial charge on any atom is 0.434 e. The van der Waals surface area contributed by atoms with E-state index in [9.17, 15) is 31.1 Å². The van der Waals surface area contributed by atoms with Gasteiger partial charge >= 0.3 is 12.4 Å². The van der Waals surface area contributed by atoms with Crippen LogP contribution in [0.1, 0.15) is 35.5 Å². The van der Waals surface area contributed by atoms with Crippen molar-refractivity contribution >= 4 is 17.2 Å². The highest BCUT2D eigenvalue weighted by Gasteiger charge is 2.41. The molecule has 34 heavy (non-hydrogen) atoms. The molecule has 3 aromatic rings. The number of benzene rings is 1. The van der Waals surface area contributed by atoms with Gasteiger partial charge in [-0.3, -0.25) is 4.79 Å². The average Bonchev–Trinajstić information content (AvgIpc) is 3.43. The Morgan fingerprint density at radius 1 is 1.12 bits per heavy atom. The van der Waals surface area contributed by atoms with Crippen molar-refractivity contribution in [1.29, 1.82) is 0 Å². The molecule has 6 nitrogen and oxygen atoms in total. The Balaban J connectivity index is 1.90. The van der Waals surface area contributed by atoms with E-state index in [1.807, 2.05) is 18.7 Å². The quantitative estimate of drug-likeness (QED) is 0.433. The van der Waals surface area contributed by atoms with Crippen LogP contribution in [0.5, 0.6) is 0 Å². The summed E-state index contributed by atoms with van der Waals surface area (Å²) in [5.41, 5.74) is -2.73. The topological polar surface area (TPSA) is 63.1 Å². The maximum absolute atomic E-state index is 13.9. The average molecular weight is 505 g/mol. The number of thiazole rings is 1. The van der Waals surface area contributed by atoms with Gasteiger partial charge in [-0.25, -0.2) is 9.67 Å². The number of carbonyl (C=O) groups excluding carboxylic acids is 1. The number of carbonyl (C=O) groups is 1. The van der Waals surface area contributed by atoms with Gasteiger partial charge in [0, 0.05) is 24.0 Å². The summed E-state index contributed by atoms with van der Waals surface area (Å²) >= 11 is 0.764. The van der Waals surface area contributed by atoms with Crippen LogP contribution in [0.2, 0.25) is 0 Å². The van der Waals surface area contributed by atoms with E-state index in [-0.39, 0.29) is 22.9 Å². The zero-order chi connectivity index (χ0) is 25.1. The van der Waals surface area contributed by atoms with E-state index < -0.39 is 35.1 Å². The number of hydrogen-bond acceptors (Lipinski definition) is 5. The minimum absolute atomic E-state index is 0.0555. The van der Waals surface area contributed by atoms with Gasteiger partial charge in [0.1, 0.15) is 0 Å². The highest BCUT2D eigenvalue weighted by atomic mass is 32.1. The lowest BCUT2D eigenvalue weighted by atomic mass is 10.1. The second-order valence-corrected chi connectivity index (χ2v) is 8.03. The van der Waals surface area contributed by atoms with E-state index in [0.717, 1.165) is 42.8 Å². The summed E-state index contributed by atoms with van der Waals surface area (Å²) in [6, 6.07) is 4.31. The molecule has 13 heteroatoms. The van der Waals surface area contributed by atoms with E-state index in [0.29, 0.717) is 11.2 Å². The Hall–Kier alpha value is -2.93. The van der Waals surface area contributed by atoms with Crippen LogP contribution in [0.25, 0.3) is 16.4 Å². The maximum atomic E-state index is 13.9. The fourth-order valence-corrected chi connectivity index (χ4v) is 4.04. The van der Waals surface area contributed by atoms with Crippen LogP contribution in [0, 0.1) is 0 Å². The molecule has 0 spiro atoms. The third kappa shape index (κ3) is 5.76. The van der Waals surface area contributed by atoms with Crippen molar-refractivity contribution in [2.24, 2.45) is 0 Å². The molecule has 0 bridgehead atoms. The summed E-state index contributed by atoms with van der Waals surface area (Å²) in [5.74, 6) is -0.930. The number of halogens is 6. The predicted octanol–water partition coefficient (Wildman–Crippen LogP) is 5.11. The number of rotatable bonds is 8. The molecule has 1 amide bonds. The molecule has 0 fully saturated rings. The van der Waals surface area contributed by atoms with Gasteiger partial charge in [0.25, 0.3) is 5.91 Å². The Labute approximate surface area is 195 Å². The summed E-state index contributed by atoms with van der Waals surface area (Å²) < 4.78 is 81.1. The Morgan fingerprint density at radius 2 is 1.82 bits per heavy atom. The van der Waals surface area contributed by atoms with Gasteiger partial charge in [-0.1, -0.05) is 26.0 Å². The molecule has 184 valence electrons. The molecule has 0 aliphatic carbocycles. The molecule has 1 N–H and O–H groups in total. The molecule has 2 heterocycles. The minimum atomic E-state index is -4.93. The molecule has 2 aromatic heterocycles. The molecule has 0 saturated heterocycles. The Morgan fingerprint density at radius 3 is 2.44 bits per heavy atom. The van der Waals surface area contributed by atoms with Crippen LogP contribution in [0.3, 0.4) is 0 Å². The van der Waals surface area contributed by atoms with Gasteiger partial charge in [0.05, 0.1) is 23.0 Å². The number of aromatic nitrogens is 3. The summed E-state index contributed by atoms with van der Waals surface area (Å²) in [5, 5.41) is 7.27. The molecule has 3 rings (SSSR count). The molecular formula is C21H21F6N5OS. The van der Waals surface area contributed by atoms with Gasteiger partial charge in [0.15, 0.2) is 5.69 Å². The third-order valence-corrected chi connectivity index (χ3v) is 5.87. The van der Waals surface area contributed by atoms with Crippen LogP contribution in [0.15, 0.2) is 35.8 Å². The summed E-state index contributed by atoms with van der Waals surface area (Å²) in [6.07, 6.45) is -8.70. The summed E-state index contributed by atoms with van der Waals surface area (Å²) in [4.78, 5) is 18.5. The van der Waals surface area contributed by atoms with E-state index in [1.54, 1.807) is 0 Å². The summed E-state index contributed by atoms with van der Waals surface area (Å²) in [6.45, 7) is 5.95. The van der Waals surface area contributed by atoms with Crippen molar-refractivity contribution in [3.63, 3.8) is 0 Å². The van der Waals surface area contributed by atoms with Crippen molar-refractivity contribution in [3.8, 4) is 16.4 Å². The normalized spacial score (nSPS) is 12.4. The smallest absolute Gasteiger partial charge is 0.351 e. The van der Waals surface area contributed by atoms with Crippen LogP contribution < -0.4 is 5.32 Å². The lowest BCUT2D eigenvalue weighted by Gasteiger charge is -2.18. The number of hydrogen-bond donors (Lipinski definition) is 1. The third-order valence-electron chi connectivity index (χ3n) is 5.05. The number of nitrogens with one attached hydrogen (secondary N) is 1. The van der Waals surface area contributed by atoms with Crippen molar-refractivity contribution in [2.75, 3.05) is 26.2 Å². The molecule has 0 atom stereocenters. The second-order valence-electron chi connectivity index (χ2n) is 7.19. The first-order chi connectivity index (χ1) is 16.0. The molecule has 0 radical (unpaired) electrons. The van der Waals surface area contributed by atoms with Crippen LogP contribution in [-0.2, 0) is 12.4 Å². The number of nitrogens with zero attached hydrogens (tertiary/aromatic N) is 4. The van der Waals surface area contributed by atoms with Crippen LogP contribution in [-0.4, -0.2) is 51.8 Å². The standard InChI is InChI=1S/C21H21F6N5OS/c1-3-31(4-2)9-8-28-18(33)15-11-29-32(17(15)21(25,26)27)19-30-16(12-34-19)13-6-5-7-14(10-13)20(22,23)24/h5-7,10-12H,3-4,8-9H2,1-2H3,(H,28,33). The first-order valence-electron chi connectivity index (χ1n) is 10.2. The number of likely N-dealkylation sites (N-methyl/N-ethyl adjacent to an activating group) is 1. The zero-order valence-electron chi connectivity index (χ0n) is 18.2. The Kier molecular flexibility index (Phi) is 7.66. The van der Waals surface area contributed by atoms with Gasteiger partial charge in [-0.15, -0.1) is 11.3 Å². The Bertz CT molecular complexity index is 1130. The number of alkyl halides is 6. The van der Waals surface area contributed by atoms with Crippen molar-refractivity contribution in [2.45, 2.75) is 26.2 Å². The van der Waals surface area contributed by atoms with Gasteiger partial charge in [0.2, 0.25) is 5.13 Å². The fraction of sp³-hybridized carbons (Fsp3) is 0.381. The van der Waals surface area contributed by atoms with Gasteiger partial charge in [-0.05, 0) is 25.2 Å². The first-order valence-corrected chi connectivity index (χ1v) is 11.1. The summed E-state index contributed by atoms with van der Waals surface area (Å²) in [7, 11) is 0.